The van der Waals surface area contributed by atoms with Crippen molar-refractivity contribution in [1.82, 2.24) is 0 Å². The van der Waals surface area contributed by atoms with Gasteiger partial charge >= 0.3 is 0 Å². The zero-order valence-corrected chi connectivity index (χ0v) is 10.7. The molecule has 0 atom stereocenters. The molecule has 0 aliphatic heterocycles. The SMILES string of the molecule is CCc1ccc(N(C)C)c(C2(N=C=O)CC2)c1. The predicted octanol–water partition coefficient (Wildman–Crippen LogP) is 2.64. The molecule has 1 aromatic rings. The average Bonchev–Trinajstić information content (AvgIpc) is 3.09. The van der Waals surface area contributed by atoms with E-state index in [1.54, 1.807) is 6.08 Å². The van der Waals surface area contributed by atoms with E-state index in [2.05, 4.69) is 35.0 Å². The van der Waals surface area contributed by atoms with Gasteiger partial charge in [0, 0.05) is 25.3 Å². The van der Waals surface area contributed by atoms with Crippen molar-refractivity contribution >= 4 is 11.8 Å². The predicted molar refractivity (Wildman–Crippen MR) is 69.2 cm³/mol. The maximum atomic E-state index is 10.6. The molecule has 0 unspecified atom stereocenters. The van der Waals surface area contributed by atoms with Crippen LogP contribution >= 0.6 is 0 Å². The van der Waals surface area contributed by atoms with Crippen molar-refractivity contribution in [1.29, 1.82) is 0 Å². The van der Waals surface area contributed by atoms with Crippen molar-refractivity contribution in [3.8, 4) is 0 Å². The molecule has 0 amide bonds. The average molecular weight is 230 g/mol. The molecule has 0 radical (unpaired) electrons. The molecule has 1 fully saturated rings. The quantitative estimate of drug-likeness (QED) is 0.588. The van der Waals surface area contributed by atoms with Gasteiger partial charge in [-0.25, -0.2) is 4.79 Å². The minimum Gasteiger partial charge on any atom is -0.377 e. The molecule has 17 heavy (non-hydrogen) atoms. The van der Waals surface area contributed by atoms with E-state index in [-0.39, 0.29) is 5.54 Å². The van der Waals surface area contributed by atoms with Gasteiger partial charge in [-0.1, -0.05) is 19.1 Å². The lowest BCUT2D eigenvalue weighted by Gasteiger charge is -2.21. The second-order valence-corrected chi connectivity index (χ2v) is 4.83. The highest BCUT2D eigenvalue weighted by atomic mass is 16.1. The largest absolute Gasteiger partial charge is 0.377 e. The third kappa shape index (κ3) is 2.11. The van der Waals surface area contributed by atoms with Crippen LogP contribution in [0.15, 0.2) is 23.2 Å². The number of hydrogen-bond acceptors (Lipinski definition) is 3. The van der Waals surface area contributed by atoms with Crippen LogP contribution in [-0.2, 0) is 16.8 Å². The van der Waals surface area contributed by atoms with Crippen LogP contribution in [0.5, 0.6) is 0 Å². The standard InChI is InChI=1S/C14H18N2O/c1-4-11-5-6-13(16(2)3)12(9-11)14(7-8-14)15-10-17/h5-6,9H,4,7-8H2,1-3H3. The summed E-state index contributed by atoms with van der Waals surface area (Å²) in [5.74, 6) is 0. The minimum absolute atomic E-state index is 0.285. The number of benzene rings is 1. The summed E-state index contributed by atoms with van der Waals surface area (Å²) in [5, 5.41) is 0. The lowest BCUT2D eigenvalue weighted by atomic mass is 9.98. The lowest BCUT2D eigenvalue weighted by Crippen LogP contribution is -2.15. The molecule has 0 heterocycles. The van der Waals surface area contributed by atoms with E-state index < -0.39 is 0 Å². The number of aliphatic imine (C=N–C) groups is 1. The van der Waals surface area contributed by atoms with Gasteiger partial charge in [0.1, 0.15) is 5.54 Å². The Bertz CT molecular complexity index is 469. The summed E-state index contributed by atoms with van der Waals surface area (Å²) in [6, 6.07) is 6.44. The van der Waals surface area contributed by atoms with Crippen molar-refractivity contribution in [2.24, 2.45) is 4.99 Å². The van der Waals surface area contributed by atoms with Gasteiger partial charge in [-0.2, -0.15) is 4.99 Å². The van der Waals surface area contributed by atoms with Crippen molar-refractivity contribution in [2.75, 3.05) is 19.0 Å². The van der Waals surface area contributed by atoms with E-state index in [9.17, 15) is 4.79 Å². The van der Waals surface area contributed by atoms with E-state index in [0.29, 0.717) is 0 Å². The Kier molecular flexibility index (Phi) is 3.03. The van der Waals surface area contributed by atoms with Crippen LogP contribution in [0.4, 0.5) is 5.69 Å². The molecular weight excluding hydrogens is 212 g/mol. The molecule has 0 aromatic heterocycles. The number of nitrogens with zero attached hydrogens (tertiary/aromatic N) is 2. The Morgan fingerprint density at radius 3 is 2.59 bits per heavy atom. The van der Waals surface area contributed by atoms with Crippen molar-refractivity contribution < 1.29 is 4.79 Å². The number of rotatable bonds is 4. The first-order chi connectivity index (χ1) is 8.13. The summed E-state index contributed by atoms with van der Waals surface area (Å²) in [5.41, 5.74) is 3.33. The van der Waals surface area contributed by atoms with Crippen molar-refractivity contribution in [2.45, 2.75) is 31.7 Å². The van der Waals surface area contributed by atoms with E-state index in [1.165, 1.54) is 11.1 Å². The summed E-state index contributed by atoms with van der Waals surface area (Å²) in [7, 11) is 4.04. The van der Waals surface area contributed by atoms with Gasteiger partial charge in [0.05, 0.1) is 0 Å². The van der Waals surface area contributed by atoms with Crippen LogP contribution in [0.2, 0.25) is 0 Å². The lowest BCUT2D eigenvalue weighted by molar-refractivity contribution is 0.556. The van der Waals surface area contributed by atoms with Crippen LogP contribution in [-0.4, -0.2) is 20.2 Å². The van der Waals surface area contributed by atoms with Gasteiger partial charge < -0.3 is 4.90 Å². The van der Waals surface area contributed by atoms with E-state index in [0.717, 1.165) is 24.9 Å². The number of carbonyl (C=O) groups excluding carboxylic acids is 1. The molecule has 0 N–H and O–H groups in total. The van der Waals surface area contributed by atoms with Crippen LogP contribution in [0, 0.1) is 0 Å². The van der Waals surface area contributed by atoms with Gasteiger partial charge in [-0.05, 0) is 30.9 Å². The topological polar surface area (TPSA) is 32.7 Å². The van der Waals surface area contributed by atoms with Crippen LogP contribution in [0.25, 0.3) is 0 Å². The highest BCUT2D eigenvalue weighted by Crippen LogP contribution is 2.52. The smallest absolute Gasteiger partial charge is 0.235 e. The molecule has 3 heteroatoms. The molecule has 1 saturated carbocycles. The van der Waals surface area contributed by atoms with Gasteiger partial charge in [0.2, 0.25) is 6.08 Å². The fourth-order valence-corrected chi connectivity index (χ4v) is 2.21. The second-order valence-electron chi connectivity index (χ2n) is 4.83. The summed E-state index contributed by atoms with van der Waals surface area (Å²) in [4.78, 5) is 16.7. The number of aryl methyl sites for hydroxylation is 1. The van der Waals surface area contributed by atoms with Crippen LogP contribution in [0.3, 0.4) is 0 Å². The van der Waals surface area contributed by atoms with Gasteiger partial charge in [-0.3, -0.25) is 0 Å². The number of anilines is 1. The van der Waals surface area contributed by atoms with Crippen LogP contribution in [0.1, 0.15) is 30.9 Å². The summed E-state index contributed by atoms with van der Waals surface area (Å²) >= 11 is 0. The highest BCUT2D eigenvalue weighted by molar-refractivity contribution is 5.60. The first-order valence-electron chi connectivity index (χ1n) is 6.03. The number of hydrogen-bond donors (Lipinski definition) is 0. The molecule has 90 valence electrons. The fourth-order valence-electron chi connectivity index (χ4n) is 2.21. The highest BCUT2D eigenvalue weighted by Gasteiger charge is 2.46. The Hall–Kier alpha value is -1.60. The summed E-state index contributed by atoms with van der Waals surface area (Å²) in [6.07, 6.45) is 4.64. The second kappa shape index (κ2) is 4.34. The zero-order valence-electron chi connectivity index (χ0n) is 10.7. The zero-order chi connectivity index (χ0) is 12.5. The van der Waals surface area contributed by atoms with E-state index in [1.807, 2.05) is 14.1 Å². The number of isocyanates is 1. The maximum absolute atomic E-state index is 10.6. The van der Waals surface area contributed by atoms with E-state index >= 15 is 0 Å². The maximum Gasteiger partial charge on any atom is 0.235 e. The first-order valence-corrected chi connectivity index (χ1v) is 6.03. The van der Waals surface area contributed by atoms with Gasteiger partial charge in [-0.15, -0.1) is 0 Å². The van der Waals surface area contributed by atoms with Crippen molar-refractivity contribution in [3.05, 3.63) is 29.3 Å². The Balaban J connectivity index is 2.53. The molecule has 1 aliphatic carbocycles. The molecule has 3 nitrogen and oxygen atoms in total. The third-order valence-electron chi connectivity index (χ3n) is 3.44. The molecular formula is C14H18N2O. The molecule has 2 rings (SSSR count). The molecule has 1 aliphatic rings. The van der Waals surface area contributed by atoms with Crippen LogP contribution < -0.4 is 4.90 Å². The first kappa shape index (κ1) is 11.9. The van der Waals surface area contributed by atoms with Gasteiger partial charge in [0.25, 0.3) is 0 Å². The Morgan fingerprint density at radius 2 is 2.12 bits per heavy atom. The minimum atomic E-state index is -0.285. The normalized spacial score (nSPS) is 16.2. The Morgan fingerprint density at radius 1 is 1.41 bits per heavy atom. The fraction of sp³-hybridized carbons (Fsp3) is 0.500. The Labute approximate surface area is 102 Å². The molecule has 0 spiro atoms. The molecule has 0 saturated heterocycles. The summed E-state index contributed by atoms with van der Waals surface area (Å²) < 4.78 is 0. The monoisotopic (exact) mass is 230 g/mol. The van der Waals surface area contributed by atoms with Crippen molar-refractivity contribution in [3.63, 3.8) is 0 Å². The molecule has 0 bridgehead atoms. The third-order valence-corrected chi connectivity index (χ3v) is 3.44. The summed E-state index contributed by atoms with van der Waals surface area (Å²) in [6.45, 7) is 2.14. The van der Waals surface area contributed by atoms with Gasteiger partial charge in [0.15, 0.2) is 0 Å². The molecule has 1 aromatic carbocycles. The van der Waals surface area contributed by atoms with E-state index in [4.69, 9.17) is 0 Å².